The summed E-state index contributed by atoms with van der Waals surface area (Å²) in [7, 11) is 0. The van der Waals surface area contributed by atoms with Crippen LogP contribution in [-0.4, -0.2) is 22.4 Å². The number of hydrogen-bond acceptors (Lipinski definition) is 6. The lowest BCUT2D eigenvalue weighted by Crippen LogP contribution is -2.22. The molecule has 1 amide bonds. The normalized spacial score (nSPS) is 12.7. The predicted molar refractivity (Wildman–Crippen MR) is 127 cm³/mol. The molecule has 35 heavy (non-hydrogen) atoms. The third kappa shape index (κ3) is 4.43. The third-order valence-corrected chi connectivity index (χ3v) is 6.02. The number of fused-ring (bicyclic) bond motifs is 2. The average molecular weight is 496 g/mol. The van der Waals surface area contributed by atoms with E-state index in [1.807, 2.05) is 6.07 Å². The number of carbonyl (C=O) groups is 1. The lowest BCUT2D eigenvalue weighted by molar-refractivity contribution is -0.0173. The molecule has 0 aliphatic carbocycles. The summed E-state index contributed by atoms with van der Waals surface area (Å²) in [5, 5.41) is 17.5. The maximum Gasteiger partial charge on any atom is 0.251 e. The van der Waals surface area contributed by atoms with Crippen LogP contribution >= 0.6 is 11.6 Å². The second kappa shape index (κ2) is 9.36. The van der Waals surface area contributed by atoms with Gasteiger partial charge in [-0.25, -0.2) is 4.39 Å². The number of aromatic nitrogens is 1. The van der Waals surface area contributed by atoms with Gasteiger partial charge in [-0.1, -0.05) is 23.7 Å². The van der Waals surface area contributed by atoms with Crippen molar-refractivity contribution in [2.75, 3.05) is 6.79 Å². The van der Waals surface area contributed by atoms with Gasteiger partial charge in [-0.05, 0) is 53.2 Å². The molecule has 2 heterocycles. The standard InChI is InChI=1S/C25H19ClFN3O5/c26-18-3-1-2-14(6-18)10-28-24(31)15-4-5-20-21(9-15)30(25(32)22(20)29-33)11-16-7-19(27)8-17-12-34-13-35-23(16)17/h1-9,32H,10-13H2,(H,28,31). The Labute approximate surface area is 203 Å². The molecule has 1 aliphatic rings. The summed E-state index contributed by atoms with van der Waals surface area (Å²) in [6.07, 6.45) is 0. The molecule has 8 nitrogen and oxygen atoms in total. The van der Waals surface area contributed by atoms with E-state index in [1.54, 1.807) is 36.4 Å². The molecule has 4 aromatic rings. The second-order valence-corrected chi connectivity index (χ2v) is 8.49. The summed E-state index contributed by atoms with van der Waals surface area (Å²) < 4.78 is 26.4. The van der Waals surface area contributed by atoms with Gasteiger partial charge in [-0.2, -0.15) is 0 Å². The molecular weight excluding hydrogens is 477 g/mol. The number of ether oxygens (including phenoxy) is 2. The van der Waals surface area contributed by atoms with Crippen molar-refractivity contribution in [2.24, 2.45) is 5.18 Å². The molecule has 0 radical (unpaired) electrons. The Hall–Kier alpha value is -3.95. The van der Waals surface area contributed by atoms with Gasteiger partial charge >= 0.3 is 0 Å². The Bertz CT molecular complexity index is 1470. The lowest BCUT2D eigenvalue weighted by Gasteiger charge is -2.21. The highest BCUT2D eigenvalue weighted by Crippen LogP contribution is 2.40. The van der Waals surface area contributed by atoms with Crippen LogP contribution in [0.4, 0.5) is 10.1 Å². The highest BCUT2D eigenvalue weighted by molar-refractivity contribution is 6.30. The molecule has 0 spiro atoms. The fourth-order valence-corrected chi connectivity index (χ4v) is 4.40. The summed E-state index contributed by atoms with van der Waals surface area (Å²) in [6.45, 7) is 0.448. The van der Waals surface area contributed by atoms with Gasteiger partial charge in [-0.15, -0.1) is 4.91 Å². The van der Waals surface area contributed by atoms with E-state index in [2.05, 4.69) is 10.5 Å². The lowest BCUT2D eigenvalue weighted by atomic mass is 10.1. The quantitative estimate of drug-likeness (QED) is 0.349. The molecule has 0 saturated heterocycles. The third-order valence-electron chi connectivity index (χ3n) is 5.79. The molecule has 0 bridgehead atoms. The van der Waals surface area contributed by atoms with Gasteiger partial charge in [-0.3, -0.25) is 4.79 Å². The maximum atomic E-state index is 14.3. The van der Waals surface area contributed by atoms with Crippen LogP contribution in [0.3, 0.4) is 0 Å². The molecule has 1 aromatic heterocycles. The van der Waals surface area contributed by atoms with Crippen LogP contribution in [0.5, 0.6) is 11.6 Å². The molecule has 178 valence electrons. The van der Waals surface area contributed by atoms with Gasteiger partial charge in [0.2, 0.25) is 5.88 Å². The molecule has 2 N–H and O–H groups in total. The van der Waals surface area contributed by atoms with Gasteiger partial charge in [0.15, 0.2) is 12.5 Å². The largest absolute Gasteiger partial charge is 0.493 e. The summed E-state index contributed by atoms with van der Waals surface area (Å²) in [5.74, 6) is -0.784. The van der Waals surface area contributed by atoms with E-state index < -0.39 is 11.7 Å². The first-order chi connectivity index (χ1) is 16.9. The minimum Gasteiger partial charge on any atom is -0.493 e. The van der Waals surface area contributed by atoms with Crippen molar-refractivity contribution in [3.05, 3.63) is 92.6 Å². The van der Waals surface area contributed by atoms with Crippen LogP contribution in [0, 0.1) is 10.7 Å². The number of amides is 1. The summed E-state index contributed by atoms with van der Waals surface area (Å²) in [5.41, 5.74) is 2.35. The first-order valence-electron chi connectivity index (χ1n) is 10.7. The van der Waals surface area contributed by atoms with Gasteiger partial charge < -0.3 is 24.5 Å². The van der Waals surface area contributed by atoms with Gasteiger partial charge in [0.1, 0.15) is 11.6 Å². The minimum atomic E-state index is -0.487. The number of hydrogen-bond donors (Lipinski definition) is 2. The monoisotopic (exact) mass is 495 g/mol. The van der Waals surface area contributed by atoms with E-state index in [-0.39, 0.29) is 38.1 Å². The van der Waals surface area contributed by atoms with E-state index in [0.29, 0.717) is 38.4 Å². The predicted octanol–water partition coefficient (Wildman–Crippen LogP) is 5.38. The summed E-state index contributed by atoms with van der Waals surface area (Å²) in [4.78, 5) is 24.3. The van der Waals surface area contributed by atoms with Crippen molar-refractivity contribution < 1.29 is 23.8 Å². The summed E-state index contributed by atoms with van der Waals surface area (Å²) >= 11 is 6.00. The number of aromatic hydroxyl groups is 1. The Morgan fingerprint density at radius 3 is 2.86 bits per heavy atom. The van der Waals surface area contributed by atoms with Crippen molar-refractivity contribution in [2.45, 2.75) is 19.7 Å². The molecule has 3 aromatic carbocycles. The Balaban J connectivity index is 1.50. The molecule has 0 saturated carbocycles. The number of benzene rings is 3. The Morgan fingerprint density at radius 1 is 1.20 bits per heavy atom. The van der Waals surface area contributed by atoms with Crippen LogP contribution in [0.25, 0.3) is 10.9 Å². The van der Waals surface area contributed by atoms with Gasteiger partial charge in [0.05, 0.1) is 18.7 Å². The van der Waals surface area contributed by atoms with E-state index in [9.17, 15) is 19.2 Å². The number of halogens is 2. The number of carbonyl (C=O) groups excluding carboxylic acids is 1. The molecule has 5 rings (SSSR count). The van der Waals surface area contributed by atoms with Crippen LogP contribution in [0.1, 0.15) is 27.0 Å². The Kier molecular flexibility index (Phi) is 6.10. The molecule has 0 atom stereocenters. The van der Waals surface area contributed by atoms with Gasteiger partial charge in [0, 0.05) is 33.6 Å². The smallest absolute Gasteiger partial charge is 0.251 e. The SMILES string of the molecule is O=Nc1c(O)n(Cc2cc(F)cc3c2OCOC3)c2cc(C(=O)NCc3cccc(Cl)c3)ccc12. The molecule has 0 fully saturated rings. The van der Waals surface area contributed by atoms with Crippen molar-refractivity contribution in [3.63, 3.8) is 0 Å². The highest BCUT2D eigenvalue weighted by Gasteiger charge is 2.23. The fraction of sp³-hybridized carbons (Fsp3) is 0.160. The number of nitrogens with one attached hydrogen (secondary N) is 1. The average Bonchev–Trinajstić information content (AvgIpc) is 3.12. The number of rotatable bonds is 6. The minimum absolute atomic E-state index is 0.0160. The first kappa shape index (κ1) is 22.8. The van der Waals surface area contributed by atoms with E-state index in [1.165, 1.54) is 16.7 Å². The van der Waals surface area contributed by atoms with Crippen LogP contribution < -0.4 is 10.1 Å². The maximum absolute atomic E-state index is 14.3. The fourth-order valence-electron chi connectivity index (χ4n) is 4.18. The Morgan fingerprint density at radius 2 is 2.06 bits per heavy atom. The summed E-state index contributed by atoms with van der Waals surface area (Å²) in [6, 6.07) is 14.4. The van der Waals surface area contributed by atoms with Crippen molar-refractivity contribution in [1.29, 1.82) is 0 Å². The molecule has 1 aliphatic heterocycles. The zero-order valence-corrected chi connectivity index (χ0v) is 19.0. The van der Waals surface area contributed by atoms with Gasteiger partial charge in [0.25, 0.3) is 5.91 Å². The van der Waals surface area contributed by atoms with Crippen LogP contribution in [-0.2, 0) is 24.4 Å². The topological polar surface area (TPSA) is 102 Å². The number of nitroso groups, excluding NO2 is 1. The van der Waals surface area contributed by atoms with Crippen LogP contribution in [0.2, 0.25) is 5.02 Å². The molecule has 0 unspecified atom stereocenters. The second-order valence-electron chi connectivity index (χ2n) is 8.06. The zero-order chi connectivity index (χ0) is 24.5. The van der Waals surface area contributed by atoms with Crippen molar-refractivity contribution in [3.8, 4) is 11.6 Å². The highest BCUT2D eigenvalue weighted by atomic mass is 35.5. The van der Waals surface area contributed by atoms with Crippen molar-refractivity contribution in [1.82, 2.24) is 9.88 Å². The first-order valence-corrected chi connectivity index (χ1v) is 11.1. The van der Waals surface area contributed by atoms with Crippen LogP contribution in [0.15, 0.2) is 59.8 Å². The zero-order valence-electron chi connectivity index (χ0n) is 18.3. The van der Waals surface area contributed by atoms with E-state index >= 15 is 0 Å². The van der Waals surface area contributed by atoms with Crippen molar-refractivity contribution >= 4 is 34.1 Å². The van der Waals surface area contributed by atoms with E-state index in [0.717, 1.165) is 5.56 Å². The number of nitrogens with zero attached hydrogens (tertiary/aromatic N) is 2. The van der Waals surface area contributed by atoms with E-state index in [4.69, 9.17) is 21.1 Å². The molecular formula is C25H19ClFN3O5. The molecule has 10 heteroatoms.